The van der Waals surface area contributed by atoms with Crippen LogP contribution in [0.15, 0.2) is 0 Å². The summed E-state index contributed by atoms with van der Waals surface area (Å²) in [5, 5.41) is 8.27. The molecule has 102 valence electrons. The van der Waals surface area contributed by atoms with Crippen molar-refractivity contribution >= 4 is 5.97 Å². The largest absolute Gasteiger partial charge is 0.449 e. The standard InChI is InChI=1S/C11H5F5O3/c12-6-5(11(18)19-4-2-1-3-17)7(13)9(15)10(16)8(6)14/h17H,3-4H2. The summed E-state index contributed by atoms with van der Waals surface area (Å²) in [6, 6.07) is 0. The van der Waals surface area contributed by atoms with Crippen LogP contribution in [0.25, 0.3) is 0 Å². The summed E-state index contributed by atoms with van der Waals surface area (Å²) in [6.07, 6.45) is 0. The fourth-order valence-electron chi connectivity index (χ4n) is 1.06. The molecular weight excluding hydrogens is 275 g/mol. The van der Waals surface area contributed by atoms with Crippen molar-refractivity contribution in [2.45, 2.75) is 0 Å². The molecule has 0 unspecified atom stereocenters. The van der Waals surface area contributed by atoms with E-state index in [0.29, 0.717) is 0 Å². The number of rotatable bonds is 2. The first-order valence-corrected chi connectivity index (χ1v) is 4.67. The predicted octanol–water partition coefficient (Wildman–Crippen LogP) is 1.53. The molecule has 0 aliphatic heterocycles. The van der Waals surface area contributed by atoms with E-state index >= 15 is 0 Å². The summed E-state index contributed by atoms with van der Waals surface area (Å²) in [7, 11) is 0. The molecule has 0 heterocycles. The molecule has 0 aliphatic carbocycles. The van der Waals surface area contributed by atoms with Gasteiger partial charge in [-0.3, -0.25) is 0 Å². The molecule has 0 atom stereocenters. The van der Waals surface area contributed by atoms with Gasteiger partial charge in [0.05, 0.1) is 0 Å². The van der Waals surface area contributed by atoms with Crippen LogP contribution in [0.2, 0.25) is 0 Å². The van der Waals surface area contributed by atoms with Crippen LogP contribution in [0.1, 0.15) is 10.4 Å². The maximum absolute atomic E-state index is 13.1. The average molecular weight is 280 g/mol. The van der Waals surface area contributed by atoms with Gasteiger partial charge in [-0.05, 0) is 0 Å². The first kappa shape index (κ1) is 14.9. The lowest BCUT2D eigenvalue weighted by Crippen LogP contribution is -2.15. The van der Waals surface area contributed by atoms with Gasteiger partial charge in [-0.25, -0.2) is 26.7 Å². The number of esters is 1. The van der Waals surface area contributed by atoms with Gasteiger partial charge in [0, 0.05) is 0 Å². The van der Waals surface area contributed by atoms with E-state index in [9.17, 15) is 26.7 Å². The molecule has 0 radical (unpaired) electrons. The van der Waals surface area contributed by atoms with Crippen molar-refractivity contribution in [3.05, 3.63) is 34.6 Å². The van der Waals surface area contributed by atoms with Crippen LogP contribution in [-0.4, -0.2) is 24.3 Å². The topological polar surface area (TPSA) is 46.5 Å². The van der Waals surface area contributed by atoms with E-state index in [2.05, 4.69) is 10.7 Å². The first-order chi connectivity index (χ1) is 8.91. The summed E-state index contributed by atoms with van der Waals surface area (Å²) < 4.78 is 68.7. The highest BCUT2D eigenvalue weighted by Gasteiger charge is 2.30. The van der Waals surface area contributed by atoms with E-state index < -0.39 is 53.8 Å². The van der Waals surface area contributed by atoms with Crippen molar-refractivity contribution in [3.8, 4) is 11.8 Å². The third-order valence-corrected chi connectivity index (χ3v) is 1.89. The van der Waals surface area contributed by atoms with Crippen molar-refractivity contribution in [1.82, 2.24) is 0 Å². The Morgan fingerprint density at radius 3 is 1.89 bits per heavy atom. The van der Waals surface area contributed by atoms with Crippen LogP contribution < -0.4 is 0 Å². The smallest absolute Gasteiger partial charge is 0.345 e. The van der Waals surface area contributed by atoms with Crippen LogP contribution in [0.4, 0.5) is 22.0 Å². The Morgan fingerprint density at radius 1 is 0.947 bits per heavy atom. The first-order valence-electron chi connectivity index (χ1n) is 4.67. The van der Waals surface area contributed by atoms with Gasteiger partial charge in [-0.15, -0.1) is 0 Å². The summed E-state index contributed by atoms with van der Waals surface area (Å²) in [5.41, 5.74) is -1.69. The highest BCUT2D eigenvalue weighted by molar-refractivity contribution is 5.90. The number of carbonyl (C=O) groups excluding carboxylic acids is 1. The normalized spacial score (nSPS) is 9.79. The molecular formula is C11H5F5O3. The summed E-state index contributed by atoms with van der Waals surface area (Å²) in [4.78, 5) is 11.2. The molecule has 0 amide bonds. The van der Waals surface area contributed by atoms with E-state index in [4.69, 9.17) is 5.11 Å². The second kappa shape index (κ2) is 6.15. The van der Waals surface area contributed by atoms with Gasteiger partial charge >= 0.3 is 5.97 Å². The number of ether oxygens (including phenoxy) is 1. The minimum Gasteiger partial charge on any atom is -0.449 e. The molecule has 19 heavy (non-hydrogen) atoms. The van der Waals surface area contributed by atoms with Crippen molar-refractivity contribution in [1.29, 1.82) is 0 Å². The number of hydrogen-bond acceptors (Lipinski definition) is 3. The zero-order valence-corrected chi connectivity index (χ0v) is 9.07. The van der Waals surface area contributed by atoms with Gasteiger partial charge in [-0.1, -0.05) is 11.8 Å². The number of aliphatic hydroxyl groups is 1. The number of aliphatic hydroxyl groups excluding tert-OH is 1. The van der Waals surface area contributed by atoms with Crippen LogP contribution in [0, 0.1) is 40.9 Å². The Bertz CT molecular complexity index is 545. The van der Waals surface area contributed by atoms with Crippen molar-refractivity contribution in [3.63, 3.8) is 0 Å². The zero-order valence-electron chi connectivity index (χ0n) is 9.07. The van der Waals surface area contributed by atoms with E-state index in [0.717, 1.165) is 0 Å². The fourth-order valence-corrected chi connectivity index (χ4v) is 1.06. The lowest BCUT2D eigenvalue weighted by Gasteiger charge is -2.06. The Labute approximate surface area is 103 Å². The highest BCUT2D eigenvalue weighted by atomic mass is 19.2. The molecule has 0 aliphatic rings. The Morgan fingerprint density at radius 2 is 1.42 bits per heavy atom. The number of benzene rings is 1. The van der Waals surface area contributed by atoms with Gasteiger partial charge in [-0.2, -0.15) is 0 Å². The van der Waals surface area contributed by atoms with Gasteiger partial charge in [0.15, 0.2) is 29.9 Å². The summed E-state index contributed by atoms with van der Waals surface area (Å²) >= 11 is 0. The molecule has 1 rings (SSSR count). The summed E-state index contributed by atoms with van der Waals surface area (Å²) in [5.74, 6) is -9.05. The molecule has 1 aromatic rings. The highest BCUT2D eigenvalue weighted by Crippen LogP contribution is 2.23. The van der Waals surface area contributed by atoms with Gasteiger partial charge in [0.25, 0.3) is 0 Å². The second-order valence-corrected chi connectivity index (χ2v) is 3.03. The second-order valence-electron chi connectivity index (χ2n) is 3.03. The van der Waals surface area contributed by atoms with Crippen molar-refractivity contribution < 1.29 is 36.6 Å². The fraction of sp³-hybridized carbons (Fsp3) is 0.182. The third kappa shape index (κ3) is 3.00. The molecule has 0 spiro atoms. The quantitative estimate of drug-likeness (QED) is 0.294. The monoisotopic (exact) mass is 280 g/mol. The van der Waals surface area contributed by atoms with Gasteiger partial charge in [0.2, 0.25) is 5.82 Å². The average Bonchev–Trinajstić information content (AvgIpc) is 2.39. The SMILES string of the molecule is O=C(OCC#CCO)c1c(F)c(F)c(F)c(F)c1F. The number of halogens is 5. The Balaban J connectivity index is 3.10. The number of carbonyl (C=O) groups is 1. The summed E-state index contributed by atoms with van der Waals surface area (Å²) in [6.45, 7) is -1.21. The van der Waals surface area contributed by atoms with Crippen LogP contribution in [-0.2, 0) is 4.74 Å². The third-order valence-electron chi connectivity index (χ3n) is 1.89. The van der Waals surface area contributed by atoms with Crippen LogP contribution >= 0.6 is 0 Å². The van der Waals surface area contributed by atoms with E-state index in [1.54, 1.807) is 0 Å². The minimum atomic E-state index is -2.37. The van der Waals surface area contributed by atoms with Crippen LogP contribution in [0.3, 0.4) is 0 Å². The van der Waals surface area contributed by atoms with Crippen molar-refractivity contribution in [2.24, 2.45) is 0 Å². The molecule has 1 aromatic carbocycles. The van der Waals surface area contributed by atoms with Crippen molar-refractivity contribution in [2.75, 3.05) is 13.2 Å². The Hall–Kier alpha value is -2.14. The minimum absolute atomic E-state index is 0.542. The molecule has 8 heteroatoms. The van der Waals surface area contributed by atoms with E-state index in [1.165, 1.54) is 0 Å². The zero-order chi connectivity index (χ0) is 14.6. The Kier molecular flexibility index (Phi) is 4.83. The molecule has 0 aromatic heterocycles. The maximum Gasteiger partial charge on any atom is 0.345 e. The molecule has 0 bridgehead atoms. The molecule has 0 saturated carbocycles. The molecule has 0 saturated heterocycles. The van der Waals surface area contributed by atoms with Crippen LogP contribution in [0.5, 0.6) is 0 Å². The lowest BCUT2D eigenvalue weighted by molar-refractivity contribution is 0.0541. The van der Waals surface area contributed by atoms with E-state index in [-0.39, 0.29) is 0 Å². The van der Waals surface area contributed by atoms with Gasteiger partial charge in [0.1, 0.15) is 12.2 Å². The molecule has 3 nitrogen and oxygen atoms in total. The lowest BCUT2D eigenvalue weighted by atomic mass is 10.1. The molecule has 1 N–H and O–H groups in total. The molecule has 0 fully saturated rings. The van der Waals surface area contributed by atoms with E-state index in [1.807, 2.05) is 5.92 Å². The predicted molar refractivity (Wildman–Crippen MR) is 51.4 cm³/mol. The van der Waals surface area contributed by atoms with Gasteiger partial charge < -0.3 is 9.84 Å². The maximum atomic E-state index is 13.1. The number of hydrogen-bond donors (Lipinski definition) is 1.